The number of nitrogens with one attached hydrogen (secondary N) is 2. The first-order valence-electron chi connectivity index (χ1n) is 5.76. The zero-order chi connectivity index (χ0) is 10.0. The Balaban J connectivity index is 1.63. The molecular formula is C11H20N2O. The van der Waals surface area contributed by atoms with E-state index in [2.05, 4.69) is 17.6 Å². The van der Waals surface area contributed by atoms with E-state index in [0.29, 0.717) is 6.42 Å². The van der Waals surface area contributed by atoms with Crippen molar-refractivity contribution in [3.05, 3.63) is 0 Å². The Kier molecular flexibility index (Phi) is 2.77. The summed E-state index contributed by atoms with van der Waals surface area (Å²) in [7, 11) is 0. The zero-order valence-electron chi connectivity index (χ0n) is 8.94. The van der Waals surface area contributed by atoms with Crippen LogP contribution in [0.5, 0.6) is 0 Å². The lowest BCUT2D eigenvalue weighted by Gasteiger charge is -2.27. The minimum atomic E-state index is 0.203. The van der Waals surface area contributed by atoms with Crippen LogP contribution in [0.15, 0.2) is 0 Å². The van der Waals surface area contributed by atoms with Crippen molar-refractivity contribution in [2.24, 2.45) is 5.92 Å². The summed E-state index contributed by atoms with van der Waals surface area (Å²) in [4.78, 5) is 11.6. The van der Waals surface area contributed by atoms with E-state index in [1.165, 1.54) is 12.8 Å². The van der Waals surface area contributed by atoms with Crippen molar-refractivity contribution in [2.45, 2.75) is 44.6 Å². The number of carbonyl (C=O) groups is 1. The van der Waals surface area contributed by atoms with E-state index >= 15 is 0 Å². The molecule has 1 aliphatic carbocycles. The van der Waals surface area contributed by atoms with Gasteiger partial charge in [0.15, 0.2) is 0 Å². The van der Waals surface area contributed by atoms with Crippen LogP contribution >= 0.6 is 0 Å². The average molecular weight is 196 g/mol. The molecule has 0 aromatic heterocycles. The Hall–Kier alpha value is -0.570. The van der Waals surface area contributed by atoms with Crippen molar-refractivity contribution in [1.82, 2.24) is 10.6 Å². The maximum absolute atomic E-state index is 11.6. The molecule has 1 saturated carbocycles. The third-order valence-corrected chi connectivity index (χ3v) is 3.58. The van der Waals surface area contributed by atoms with Crippen LogP contribution in [0.4, 0.5) is 0 Å². The van der Waals surface area contributed by atoms with Gasteiger partial charge in [-0.25, -0.2) is 0 Å². The molecule has 3 heteroatoms. The van der Waals surface area contributed by atoms with Crippen LogP contribution in [0.1, 0.15) is 39.0 Å². The molecule has 1 saturated heterocycles. The van der Waals surface area contributed by atoms with E-state index in [4.69, 9.17) is 0 Å². The van der Waals surface area contributed by atoms with Crippen molar-refractivity contribution in [3.8, 4) is 0 Å². The van der Waals surface area contributed by atoms with Crippen molar-refractivity contribution in [2.75, 3.05) is 13.1 Å². The highest BCUT2D eigenvalue weighted by Gasteiger charge is 2.41. The molecular weight excluding hydrogens is 176 g/mol. The molecule has 0 aromatic carbocycles. The maximum atomic E-state index is 11.6. The van der Waals surface area contributed by atoms with Crippen LogP contribution in [0.2, 0.25) is 0 Å². The fraction of sp³-hybridized carbons (Fsp3) is 0.909. The van der Waals surface area contributed by atoms with E-state index in [1.807, 2.05) is 0 Å². The van der Waals surface area contributed by atoms with Gasteiger partial charge >= 0.3 is 0 Å². The highest BCUT2D eigenvalue weighted by atomic mass is 16.1. The average Bonchev–Trinajstić information content (AvgIpc) is 2.83. The lowest BCUT2D eigenvalue weighted by molar-refractivity contribution is -0.122. The number of hydrogen-bond donors (Lipinski definition) is 2. The molecule has 14 heavy (non-hydrogen) atoms. The Labute approximate surface area is 85.6 Å². The summed E-state index contributed by atoms with van der Waals surface area (Å²) < 4.78 is 0. The highest BCUT2D eigenvalue weighted by Crippen LogP contribution is 2.38. The molecule has 0 spiro atoms. The first-order chi connectivity index (χ1) is 6.74. The van der Waals surface area contributed by atoms with E-state index in [0.717, 1.165) is 31.8 Å². The summed E-state index contributed by atoms with van der Waals surface area (Å²) in [5.41, 5.74) is 0.203. The standard InChI is InChI=1S/C11H20N2O/c1-2-11(5-6-11)13-10(14)4-3-9-7-12-8-9/h9,12H,2-8H2,1H3,(H,13,14). The normalized spacial score (nSPS) is 24.1. The first kappa shape index (κ1) is 9.97. The van der Waals surface area contributed by atoms with Crippen LogP contribution in [-0.2, 0) is 4.79 Å². The van der Waals surface area contributed by atoms with Crippen LogP contribution in [0.3, 0.4) is 0 Å². The van der Waals surface area contributed by atoms with E-state index < -0.39 is 0 Å². The molecule has 1 aliphatic heterocycles. The second-order valence-corrected chi connectivity index (χ2v) is 4.75. The molecule has 0 unspecified atom stereocenters. The molecule has 1 amide bonds. The van der Waals surface area contributed by atoms with Gasteiger partial charge in [-0.2, -0.15) is 0 Å². The van der Waals surface area contributed by atoms with Gasteiger partial charge in [0.2, 0.25) is 5.91 Å². The Bertz CT molecular complexity index is 219. The smallest absolute Gasteiger partial charge is 0.220 e. The molecule has 2 N–H and O–H groups in total. The number of rotatable bonds is 5. The summed E-state index contributed by atoms with van der Waals surface area (Å²) in [6.45, 7) is 4.36. The van der Waals surface area contributed by atoms with Gasteiger partial charge in [0.05, 0.1) is 0 Å². The first-order valence-corrected chi connectivity index (χ1v) is 5.76. The largest absolute Gasteiger partial charge is 0.351 e. The SMILES string of the molecule is CCC1(NC(=O)CCC2CNC2)CC1. The fourth-order valence-electron chi connectivity index (χ4n) is 1.96. The van der Waals surface area contributed by atoms with Gasteiger partial charge in [0, 0.05) is 12.0 Å². The lowest BCUT2D eigenvalue weighted by atomic mass is 9.97. The van der Waals surface area contributed by atoms with Crippen LogP contribution in [0, 0.1) is 5.92 Å². The second-order valence-electron chi connectivity index (χ2n) is 4.75. The van der Waals surface area contributed by atoms with Crippen LogP contribution in [-0.4, -0.2) is 24.5 Å². The maximum Gasteiger partial charge on any atom is 0.220 e. The summed E-state index contributed by atoms with van der Waals surface area (Å²) in [5.74, 6) is 1.01. The van der Waals surface area contributed by atoms with E-state index in [9.17, 15) is 4.79 Å². The third kappa shape index (κ3) is 2.27. The fourth-order valence-corrected chi connectivity index (χ4v) is 1.96. The number of hydrogen-bond acceptors (Lipinski definition) is 2. The van der Waals surface area contributed by atoms with Gasteiger partial charge < -0.3 is 10.6 Å². The summed E-state index contributed by atoms with van der Waals surface area (Å²) in [6.07, 6.45) is 5.22. The van der Waals surface area contributed by atoms with Crippen molar-refractivity contribution in [3.63, 3.8) is 0 Å². The number of amides is 1. The van der Waals surface area contributed by atoms with E-state index in [1.54, 1.807) is 0 Å². The van der Waals surface area contributed by atoms with E-state index in [-0.39, 0.29) is 11.4 Å². The molecule has 80 valence electrons. The Morgan fingerprint density at radius 2 is 2.21 bits per heavy atom. The molecule has 3 nitrogen and oxygen atoms in total. The highest BCUT2D eigenvalue weighted by molar-refractivity contribution is 5.77. The summed E-state index contributed by atoms with van der Waals surface area (Å²) in [5, 5.41) is 6.39. The van der Waals surface area contributed by atoms with Gasteiger partial charge in [-0.15, -0.1) is 0 Å². The topological polar surface area (TPSA) is 41.1 Å². The van der Waals surface area contributed by atoms with Gasteiger partial charge in [-0.05, 0) is 44.7 Å². The molecule has 0 aromatic rings. The van der Waals surface area contributed by atoms with Gasteiger partial charge in [-0.3, -0.25) is 4.79 Å². The van der Waals surface area contributed by atoms with Crippen LogP contribution in [0.25, 0.3) is 0 Å². The summed E-state index contributed by atoms with van der Waals surface area (Å²) in [6, 6.07) is 0. The molecule has 0 bridgehead atoms. The lowest BCUT2D eigenvalue weighted by Crippen LogP contribution is -2.43. The van der Waals surface area contributed by atoms with Gasteiger partial charge in [0.1, 0.15) is 0 Å². The minimum Gasteiger partial charge on any atom is -0.351 e. The molecule has 2 aliphatic rings. The molecule has 2 rings (SSSR count). The number of carbonyl (C=O) groups excluding carboxylic acids is 1. The minimum absolute atomic E-state index is 0.203. The van der Waals surface area contributed by atoms with Crippen LogP contribution < -0.4 is 10.6 Å². The predicted octanol–water partition coefficient (Wildman–Crippen LogP) is 1.04. The molecule has 0 atom stereocenters. The Morgan fingerprint density at radius 1 is 1.50 bits per heavy atom. The molecule has 2 fully saturated rings. The quantitative estimate of drug-likeness (QED) is 0.690. The molecule has 0 radical (unpaired) electrons. The van der Waals surface area contributed by atoms with Gasteiger partial charge in [-0.1, -0.05) is 6.92 Å². The van der Waals surface area contributed by atoms with Gasteiger partial charge in [0.25, 0.3) is 0 Å². The second kappa shape index (κ2) is 3.89. The monoisotopic (exact) mass is 196 g/mol. The third-order valence-electron chi connectivity index (χ3n) is 3.58. The van der Waals surface area contributed by atoms with Crippen molar-refractivity contribution >= 4 is 5.91 Å². The summed E-state index contributed by atoms with van der Waals surface area (Å²) >= 11 is 0. The predicted molar refractivity (Wildman–Crippen MR) is 56.0 cm³/mol. The van der Waals surface area contributed by atoms with Crippen molar-refractivity contribution < 1.29 is 4.79 Å². The molecule has 1 heterocycles. The van der Waals surface area contributed by atoms with Crippen molar-refractivity contribution in [1.29, 1.82) is 0 Å². The Morgan fingerprint density at radius 3 is 2.64 bits per heavy atom. The zero-order valence-corrected chi connectivity index (χ0v) is 8.94.